The molecular formula is C15H14N2O3S. The van der Waals surface area contributed by atoms with Gasteiger partial charge in [-0.1, -0.05) is 12.1 Å². The fourth-order valence-corrected chi connectivity index (χ4v) is 2.31. The lowest BCUT2D eigenvalue weighted by molar-refractivity contribution is -0.115. The molecule has 0 bridgehead atoms. The van der Waals surface area contributed by atoms with Crippen molar-refractivity contribution in [1.82, 2.24) is 0 Å². The van der Waals surface area contributed by atoms with Crippen molar-refractivity contribution in [1.29, 1.82) is 0 Å². The van der Waals surface area contributed by atoms with Crippen LogP contribution < -0.4 is 11.1 Å². The van der Waals surface area contributed by atoms with E-state index in [1.807, 2.05) is 12.1 Å². The van der Waals surface area contributed by atoms with E-state index in [1.54, 1.807) is 30.3 Å². The molecule has 6 heteroatoms. The van der Waals surface area contributed by atoms with Crippen LogP contribution >= 0.6 is 11.8 Å². The smallest absolute Gasteiger partial charge is 0.248 e. The number of anilines is 1. The predicted molar refractivity (Wildman–Crippen MR) is 82.7 cm³/mol. The highest BCUT2D eigenvalue weighted by atomic mass is 32.2. The van der Waals surface area contributed by atoms with Crippen molar-refractivity contribution in [2.24, 2.45) is 5.73 Å². The lowest BCUT2D eigenvalue weighted by Crippen LogP contribution is -2.13. The zero-order chi connectivity index (χ0) is 15.1. The van der Waals surface area contributed by atoms with Crippen LogP contribution in [0.1, 0.15) is 5.76 Å². The van der Waals surface area contributed by atoms with Gasteiger partial charge in [0.2, 0.25) is 11.8 Å². The Morgan fingerprint density at radius 2 is 2.05 bits per heavy atom. The van der Waals surface area contributed by atoms with E-state index in [2.05, 4.69) is 5.32 Å². The van der Waals surface area contributed by atoms with Crippen LogP contribution in [0.3, 0.4) is 0 Å². The maximum absolute atomic E-state index is 11.9. The molecule has 108 valence electrons. The quantitative estimate of drug-likeness (QED) is 0.634. The molecule has 1 aromatic heterocycles. The van der Waals surface area contributed by atoms with Gasteiger partial charge < -0.3 is 15.5 Å². The Balaban J connectivity index is 2.01. The number of nitrogens with two attached hydrogens (primary N) is 1. The Morgan fingerprint density at radius 1 is 1.24 bits per heavy atom. The third kappa shape index (κ3) is 4.85. The van der Waals surface area contributed by atoms with Gasteiger partial charge in [-0.25, -0.2) is 0 Å². The summed E-state index contributed by atoms with van der Waals surface area (Å²) in [6.07, 6.45) is 4.50. The minimum Gasteiger partial charge on any atom is -0.465 e. The van der Waals surface area contributed by atoms with Crippen molar-refractivity contribution in [3.63, 3.8) is 0 Å². The maximum Gasteiger partial charge on any atom is 0.248 e. The van der Waals surface area contributed by atoms with Crippen LogP contribution in [0.25, 0.3) is 6.08 Å². The Hall–Kier alpha value is -2.47. The van der Waals surface area contributed by atoms with Gasteiger partial charge in [0.05, 0.1) is 17.7 Å². The number of rotatable bonds is 6. The topological polar surface area (TPSA) is 85.3 Å². The summed E-state index contributed by atoms with van der Waals surface area (Å²) in [7, 11) is 0. The number of nitrogens with one attached hydrogen (secondary N) is 1. The van der Waals surface area contributed by atoms with E-state index in [9.17, 15) is 9.59 Å². The van der Waals surface area contributed by atoms with E-state index >= 15 is 0 Å². The molecule has 0 fully saturated rings. The number of para-hydroxylation sites is 1. The van der Waals surface area contributed by atoms with Crippen LogP contribution in [0.4, 0.5) is 5.69 Å². The highest BCUT2D eigenvalue weighted by Crippen LogP contribution is 2.26. The summed E-state index contributed by atoms with van der Waals surface area (Å²) in [6, 6.07) is 10.7. The number of carbonyl (C=O) groups is 2. The van der Waals surface area contributed by atoms with E-state index in [4.69, 9.17) is 10.2 Å². The Labute approximate surface area is 126 Å². The van der Waals surface area contributed by atoms with Crippen molar-refractivity contribution in [2.75, 3.05) is 11.1 Å². The predicted octanol–water partition coefficient (Wildman–Crippen LogP) is 2.51. The molecule has 5 nitrogen and oxygen atoms in total. The molecule has 0 saturated carbocycles. The second-order valence-electron chi connectivity index (χ2n) is 4.09. The summed E-state index contributed by atoms with van der Waals surface area (Å²) >= 11 is 1.28. The fraction of sp³-hybridized carbons (Fsp3) is 0.0667. The molecular weight excluding hydrogens is 288 g/mol. The molecule has 0 aliphatic rings. The second kappa shape index (κ2) is 7.35. The van der Waals surface area contributed by atoms with Gasteiger partial charge in [-0.05, 0) is 30.3 Å². The number of primary amides is 1. The Morgan fingerprint density at radius 3 is 2.76 bits per heavy atom. The molecule has 1 aromatic carbocycles. The molecule has 1 heterocycles. The fourth-order valence-electron chi connectivity index (χ4n) is 1.56. The number of amides is 2. The number of thioether (sulfide) groups is 1. The maximum atomic E-state index is 11.9. The zero-order valence-electron chi connectivity index (χ0n) is 11.1. The molecule has 2 aromatic rings. The van der Waals surface area contributed by atoms with Crippen LogP contribution in [-0.4, -0.2) is 17.6 Å². The average molecular weight is 302 g/mol. The van der Waals surface area contributed by atoms with Crippen molar-refractivity contribution < 1.29 is 14.0 Å². The van der Waals surface area contributed by atoms with Gasteiger partial charge in [-0.3, -0.25) is 9.59 Å². The van der Waals surface area contributed by atoms with Gasteiger partial charge in [-0.2, -0.15) is 0 Å². The van der Waals surface area contributed by atoms with Gasteiger partial charge in [-0.15, -0.1) is 11.8 Å². The Kier molecular flexibility index (Phi) is 5.22. The first-order valence-electron chi connectivity index (χ1n) is 6.18. The number of benzene rings is 1. The molecule has 0 radical (unpaired) electrons. The van der Waals surface area contributed by atoms with E-state index in [0.717, 1.165) is 4.90 Å². The van der Waals surface area contributed by atoms with E-state index in [0.29, 0.717) is 11.4 Å². The van der Waals surface area contributed by atoms with Crippen LogP contribution in [-0.2, 0) is 9.59 Å². The van der Waals surface area contributed by atoms with Crippen molar-refractivity contribution in [2.45, 2.75) is 4.90 Å². The van der Waals surface area contributed by atoms with Gasteiger partial charge in [0.1, 0.15) is 5.76 Å². The second-order valence-corrected chi connectivity index (χ2v) is 5.11. The van der Waals surface area contributed by atoms with Gasteiger partial charge in [0.25, 0.3) is 0 Å². The normalized spacial score (nSPS) is 10.7. The molecule has 0 unspecified atom stereocenters. The number of hydrogen-bond donors (Lipinski definition) is 2. The number of furan rings is 1. The molecule has 2 amide bonds. The molecule has 2 rings (SSSR count). The third-order valence-electron chi connectivity index (χ3n) is 2.46. The van der Waals surface area contributed by atoms with E-state index in [1.165, 1.54) is 24.1 Å². The molecule has 0 spiro atoms. The first-order valence-corrected chi connectivity index (χ1v) is 7.16. The SMILES string of the molecule is NC(=O)CSc1ccccc1NC(=O)/C=C/c1ccco1. The first kappa shape index (κ1) is 14.9. The number of carbonyl (C=O) groups excluding carboxylic acids is 2. The molecule has 0 aliphatic carbocycles. The van der Waals surface area contributed by atoms with E-state index in [-0.39, 0.29) is 11.7 Å². The third-order valence-corrected chi connectivity index (χ3v) is 3.55. The summed E-state index contributed by atoms with van der Waals surface area (Å²) in [6.45, 7) is 0. The summed E-state index contributed by atoms with van der Waals surface area (Å²) in [5.74, 6) is 0.0775. The molecule has 3 N–H and O–H groups in total. The van der Waals surface area contributed by atoms with Crippen molar-refractivity contribution in [3.8, 4) is 0 Å². The van der Waals surface area contributed by atoms with Crippen LogP contribution in [0, 0.1) is 0 Å². The standard InChI is InChI=1S/C15H14N2O3S/c16-14(18)10-21-13-6-2-1-5-12(13)17-15(19)8-7-11-4-3-9-20-11/h1-9H,10H2,(H2,16,18)(H,17,19)/b8-7+. The van der Waals surface area contributed by atoms with Crippen molar-refractivity contribution >= 4 is 35.3 Å². The Bertz CT molecular complexity index is 651. The van der Waals surface area contributed by atoms with Crippen LogP contribution in [0.15, 0.2) is 58.1 Å². The highest BCUT2D eigenvalue weighted by Gasteiger charge is 2.06. The minimum atomic E-state index is -0.404. The number of hydrogen-bond acceptors (Lipinski definition) is 4. The highest BCUT2D eigenvalue weighted by molar-refractivity contribution is 8.00. The van der Waals surface area contributed by atoms with Gasteiger partial charge in [0.15, 0.2) is 0 Å². The largest absolute Gasteiger partial charge is 0.465 e. The summed E-state index contributed by atoms with van der Waals surface area (Å²) in [5, 5.41) is 2.76. The lowest BCUT2D eigenvalue weighted by atomic mass is 10.3. The molecule has 0 saturated heterocycles. The summed E-state index contributed by atoms with van der Waals surface area (Å²) in [5.41, 5.74) is 5.76. The molecule has 21 heavy (non-hydrogen) atoms. The van der Waals surface area contributed by atoms with Gasteiger partial charge in [0, 0.05) is 11.0 Å². The minimum absolute atomic E-state index is 0.162. The molecule has 0 atom stereocenters. The zero-order valence-corrected chi connectivity index (χ0v) is 11.9. The molecule has 0 aliphatic heterocycles. The van der Waals surface area contributed by atoms with Gasteiger partial charge >= 0.3 is 0 Å². The summed E-state index contributed by atoms with van der Waals surface area (Å²) < 4.78 is 5.10. The lowest BCUT2D eigenvalue weighted by Gasteiger charge is -2.08. The average Bonchev–Trinajstić information content (AvgIpc) is 2.97. The van der Waals surface area contributed by atoms with Crippen molar-refractivity contribution in [3.05, 3.63) is 54.5 Å². The monoisotopic (exact) mass is 302 g/mol. The first-order chi connectivity index (χ1) is 10.1. The van der Waals surface area contributed by atoms with E-state index < -0.39 is 5.91 Å². The van der Waals surface area contributed by atoms with Crippen LogP contribution in [0.2, 0.25) is 0 Å². The summed E-state index contributed by atoms with van der Waals surface area (Å²) in [4.78, 5) is 23.5. The van der Waals surface area contributed by atoms with Crippen LogP contribution in [0.5, 0.6) is 0 Å².